The number of nitrogens with zero attached hydrogens (tertiary/aromatic N) is 1. The Balaban J connectivity index is 2.61. The van der Waals surface area contributed by atoms with Crippen molar-refractivity contribution in [2.24, 2.45) is 16.7 Å². The molecule has 0 atom stereocenters. The van der Waals surface area contributed by atoms with Crippen LogP contribution in [0.5, 0.6) is 0 Å². The Hall–Kier alpha value is -0.0400. The Morgan fingerprint density at radius 2 is 1.36 bits per heavy atom. The lowest BCUT2D eigenvalue weighted by molar-refractivity contribution is 0.0345. The van der Waals surface area contributed by atoms with Gasteiger partial charge >= 0.3 is 0 Å². The summed E-state index contributed by atoms with van der Waals surface area (Å²) in [5.41, 5.74) is 0.849. The Labute approximate surface area is 89.9 Å². The van der Waals surface area contributed by atoms with Crippen LogP contribution in [0.15, 0.2) is 0 Å². The molecule has 1 heterocycles. The second kappa shape index (κ2) is 3.84. The Kier molecular flexibility index (Phi) is 3.30. The van der Waals surface area contributed by atoms with Gasteiger partial charge in [-0.05, 0) is 36.3 Å². The van der Waals surface area contributed by atoms with E-state index in [-0.39, 0.29) is 0 Å². The van der Waals surface area contributed by atoms with Crippen LogP contribution < -0.4 is 0 Å². The van der Waals surface area contributed by atoms with E-state index in [2.05, 4.69) is 46.4 Å². The van der Waals surface area contributed by atoms with Crippen LogP contribution in [0.2, 0.25) is 0 Å². The van der Waals surface area contributed by atoms with Crippen molar-refractivity contribution in [1.82, 2.24) is 4.90 Å². The first-order chi connectivity index (χ1) is 6.21. The van der Waals surface area contributed by atoms with Gasteiger partial charge in [0.1, 0.15) is 0 Å². The highest BCUT2D eigenvalue weighted by Gasteiger charge is 2.36. The Morgan fingerprint density at radius 3 is 1.57 bits per heavy atom. The molecular formula is C13H27N. The summed E-state index contributed by atoms with van der Waals surface area (Å²) < 4.78 is 0. The molecule has 0 radical (unpaired) electrons. The summed E-state index contributed by atoms with van der Waals surface area (Å²) in [7, 11) is 0. The van der Waals surface area contributed by atoms with Crippen LogP contribution in [-0.4, -0.2) is 24.5 Å². The molecule has 0 aromatic rings. The minimum absolute atomic E-state index is 0.424. The Bertz CT molecular complexity index is 164. The number of hydrogen-bond donors (Lipinski definition) is 0. The minimum atomic E-state index is 0.424. The van der Waals surface area contributed by atoms with E-state index in [1.54, 1.807) is 0 Å². The van der Waals surface area contributed by atoms with Crippen molar-refractivity contribution in [1.29, 1.82) is 0 Å². The first-order valence-corrected chi connectivity index (χ1v) is 5.93. The maximum absolute atomic E-state index is 2.60. The summed E-state index contributed by atoms with van der Waals surface area (Å²) in [6, 6.07) is 0. The van der Waals surface area contributed by atoms with Gasteiger partial charge in [0, 0.05) is 6.54 Å². The maximum atomic E-state index is 2.60. The van der Waals surface area contributed by atoms with E-state index in [1.165, 1.54) is 26.1 Å². The van der Waals surface area contributed by atoms with Crippen molar-refractivity contribution >= 4 is 0 Å². The van der Waals surface area contributed by atoms with Crippen LogP contribution in [0.3, 0.4) is 0 Å². The van der Waals surface area contributed by atoms with Gasteiger partial charge in [-0.2, -0.15) is 0 Å². The molecule has 0 aromatic heterocycles. The molecule has 0 spiro atoms. The summed E-state index contributed by atoms with van der Waals surface area (Å²) in [6.45, 7) is 18.2. The van der Waals surface area contributed by atoms with Gasteiger partial charge in [-0.3, -0.25) is 0 Å². The van der Waals surface area contributed by atoms with Crippen LogP contribution in [0.4, 0.5) is 0 Å². The first kappa shape index (κ1) is 12.0. The fourth-order valence-corrected chi connectivity index (χ4v) is 2.67. The highest BCUT2D eigenvalue weighted by atomic mass is 15.2. The molecule has 1 heteroatoms. The van der Waals surface area contributed by atoms with Crippen molar-refractivity contribution in [3.63, 3.8) is 0 Å². The van der Waals surface area contributed by atoms with Gasteiger partial charge in [-0.15, -0.1) is 0 Å². The van der Waals surface area contributed by atoms with Gasteiger partial charge in [-0.1, -0.05) is 41.5 Å². The standard InChI is InChI=1S/C13H27N/c1-12(2,3)11(13(4,5)6)10-14-8-7-9-14/h11H,7-10H2,1-6H3. The third-order valence-electron chi connectivity index (χ3n) is 3.48. The zero-order valence-corrected chi connectivity index (χ0v) is 10.9. The molecule has 84 valence electrons. The minimum Gasteiger partial charge on any atom is -0.303 e. The van der Waals surface area contributed by atoms with Crippen LogP contribution >= 0.6 is 0 Å². The topological polar surface area (TPSA) is 3.24 Å². The lowest BCUT2D eigenvalue weighted by atomic mass is 9.66. The number of likely N-dealkylation sites (tertiary alicyclic amines) is 1. The zero-order valence-electron chi connectivity index (χ0n) is 10.9. The fourth-order valence-electron chi connectivity index (χ4n) is 2.67. The van der Waals surface area contributed by atoms with E-state index >= 15 is 0 Å². The molecule has 14 heavy (non-hydrogen) atoms. The molecule has 1 aliphatic heterocycles. The van der Waals surface area contributed by atoms with Gasteiger partial charge in [0.15, 0.2) is 0 Å². The SMILES string of the molecule is CC(C)(C)C(CN1CCC1)C(C)(C)C. The van der Waals surface area contributed by atoms with E-state index in [0.29, 0.717) is 10.8 Å². The third-order valence-corrected chi connectivity index (χ3v) is 3.48. The summed E-state index contributed by atoms with van der Waals surface area (Å²) >= 11 is 0. The van der Waals surface area contributed by atoms with E-state index < -0.39 is 0 Å². The first-order valence-electron chi connectivity index (χ1n) is 5.93. The second-order valence-corrected chi connectivity index (χ2v) is 6.94. The lowest BCUT2D eigenvalue weighted by Crippen LogP contribution is -2.47. The van der Waals surface area contributed by atoms with E-state index in [9.17, 15) is 0 Å². The second-order valence-electron chi connectivity index (χ2n) is 6.94. The molecule has 0 N–H and O–H groups in total. The highest BCUT2D eigenvalue weighted by Crippen LogP contribution is 2.40. The molecule has 1 fully saturated rings. The summed E-state index contributed by atoms with van der Waals surface area (Å²) in [4.78, 5) is 2.60. The molecular weight excluding hydrogens is 170 g/mol. The van der Waals surface area contributed by atoms with Crippen molar-refractivity contribution in [3.05, 3.63) is 0 Å². The quantitative estimate of drug-likeness (QED) is 0.656. The highest BCUT2D eigenvalue weighted by molar-refractivity contribution is 4.87. The van der Waals surface area contributed by atoms with Crippen LogP contribution in [0, 0.1) is 16.7 Å². The molecule has 1 rings (SSSR count). The summed E-state index contributed by atoms with van der Waals surface area (Å²) in [5.74, 6) is 0.787. The van der Waals surface area contributed by atoms with Gasteiger partial charge in [0.05, 0.1) is 0 Å². The van der Waals surface area contributed by atoms with Crippen molar-refractivity contribution in [2.75, 3.05) is 19.6 Å². The fraction of sp³-hybridized carbons (Fsp3) is 1.00. The normalized spacial score (nSPS) is 19.9. The van der Waals surface area contributed by atoms with Crippen molar-refractivity contribution < 1.29 is 0 Å². The predicted octanol–water partition coefficient (Wildman–Crippen LogP) is 3.40. The van der Waals surface area contributed by atoms with Crippen LogP contribution in [-0.2, 0) is 0 Å². The number of rotatable bonds is 2. The van der Waals surface area contributed by atoms with Crippen molar-refractivity contribution in [3.8, 4) is 0 Å². The molecule has 1 nitrogen and oxygen atoms in total. The van der Waals surface area contributed by atoms with E-state index in [4.69, 9.17) is 0 Å². The average Bonchev–Trinajstić information content (AvgIpc) is 1.76. The van der Waals surface area contributed by atoms with Crippen LogP contribution in [0.25, 0.3) is 0 Å². The third kappa shape index (κ3) is 2.98. The van der Waals surface area contributed by atoms with Gasteiger partial charge in [0.2, 0.25) is 0 Å². The molecule has 0 aliphatic carbocycles. The van der Waals surface area contributed by atoms with E-state index in [0.717, 1.165) is 5.92 Å². The molecule has 1 saturated heterocycles. The molecule has 0 aromatic carbocycles. The monoisotopic (exact) mass is 197 g/mol. The van der Waals surface area contributed by atoms with Gasteiger partial charge in [0.25, 0.3) is 0 Å². The van der Waals surface area contributed by atoms with Crippen LogP contribution in [0.1, 0.15) is 48.0 Å². The molecule has 0 unspecified atom stereocenters. The molecule has 0 amide bonds. The molecule has 0 saturated carbocycles. The molecule has 0 bridgehead atoms. The van der Waals surface area contributed by atoms with Crippen molar-refractivity contribution in [2.45, 2.75) is 48.0 Å². The number of hydrogen-bond acceptors (Lipinski definition) is 1. The smallest absolute Gasteiger partial charge is 0.00197 e. The largest absolute Gasteiger partial charge is 0.303 e. The van der Waals surface area contributed by atoms with Gasteiger partial charge < -0.3 is 4.90 Å². The van der Waals surface area contributed by atoms with Gasteiger partial charge in [-0.25, -0.2) is 0 Å². The maximum Gasteiger partial charge on any atom is 0.00197 e. The Morgan fingerprint density at radius 1 is 0.929 bits per heavy atom. The average molecular weight is 197 g/mol. The van der Waals surface area contributed by atoms with E-state index in [1.807, 2.05) is 0 Å². The summed E-state index contributed by atoms with van der Waals surface area (Å²) in [6.07, 6.45) is 1.40. The lowest BCUT2D eigenvalue weighted by Gasteiger charge is -2.45. The summed E-state index contributed by atoms with van der Waals surface area (Å²) in [5, 5.41) is 0. The molecule has 1 aliphatic rings. The zero-order chi connectivity index (χ0) is 11.0. The predicted molar refractivity (Wildman–Crippen MR) is 63.5 cm³/mol.